The molecule has 0 spiro atoms. The zero-order chi connectivity index (χ0) is 18.8. The summed E-state index contributed by atoms with van der Waals surface area (Å²) in [4.78, 5) is 12.3. The van der Waals surface area contributed by atoms with E-state index in [0.717, 1.165) is 16.7 Å². The first-order chi connectivity index (χ1) is 13.1. The number of aromatic nitrogens is 5. The Bertz CT molecular complexity index is 1120. The van der Waals surface area contributed by atoms with Crippen molar-refractivity contribution >= 4 is 22.8 Å². The fourth-order valence-electron chi connectivity index (χ4n) is 2.87. The molecule has 1 amide bonds. The summed E-state index contributed by atoms with van der Waals surface area (Å²) in [5, 5.41) is 15.1. The minimum atomic E-state index is -0.281. The zero-order valence-corrected chi connectivity index (χ0v) is 14.6. The number of amides is 1. The number of benzene rings is 2. The van der Waals surface area contributed by atoms with Crippen molar-refractivity contribution in [3.63, 3.8) is 0 Å². The number of rotatable bonds is 5. The van der Waals surface area contributed by atoms with E-state index >= 15 is 0 Å². The van der Waals surface area contributed by atoms with E-state index in [1.807, 2.05) is 31.2 Å². The molecule has 27 heavy (non-hydrogen) atoms. The Hall–Kier alpha value is -3.55. The number of carbonyl (C=O) groups is 1. The molecule has 0 unspecified atom stereocenters. The van der Waals surface area contributed by atoms with E-state index in [1.54, 1.807) is 28.9 Å². The first kappa shape index (κ1) is 16.9. The smallest absolute Gasteiger partial charge is 0.247 e. The highest BCUT2D eigenvalue weighted by Crippen LogP contribution is 2.14. The Kier molecular flexibility index (Phi) is 4.37. The molecule has 0 saturated carbocycles. The number of carbonyl (C=O) groups excluding carboxylic acids is 1. The van der Waals surface area contributed by atoms with Gasteiger partial charge in [0, 0.05) is 17.3 Å². The number of para-hydroxylation sites is 1. The average molecular weight is 364 g/mol. The fourth-order valence-corrected chi connectivity index (χ4v) is 2.87. The molecular weight excluding hydrogens is 347 g/mol. The maximum atomic E-state index is 13.8. The van der Waals surface area contributed by atoms with E-state index in [9.17, 15) is 9.18 Å². The Morgan fingerprint density at radius 1 is 1.11 bits per heavy atom. The monoisotopic (exact) mass is 364 g/mol. The summed E-state index contributed by atoms with van der Waals surface area (Å²) in [6, 6.07) is 15.7. The van der Waals surface area contributed by atoms with Gasteiger partial charge in [0.2, 0.25) is 5.91 Å². The van der Waals surface area contributed by atoms with E-state index < -0.39 is 0 Å². The summed E-state index contributed by atoms with van der Waals surface area (Å²) in [6.45, 7) is 2.18. The largest absolute Gasteiger partial charge is 0.308 e. The van der Waals surface area contributed by atoms with E-state index in [1.165, 1.54) is 10.7 Å². The molecule has 0 bridgehead atoms. The van der Waals surface area contributed by atoms with Crippen LogP contribution in [0.5, 0.6) is 0 Å². The molecule has 0 saturated heterocycles. The fraction of sp³-hybridized carbons (Fsp3) is 0.158. The summed E-state index contributed by atoms with van der Waals surface area (Å²) >= 11 is 0. The summed E-state index contributed by atoms with van der Waals surface area (Å²) in [5.74, 6) is -0.129. The third kappa shape index (κ3) is 3.55. The van der Waals surface area contributed by atoms with Gasteiger partial charge in [0.15, 0.2) is 5.82 Å². The maximum absolute atomic E-state index is 13.8. The lowest BCUT2D eigenvalue weighted by Gasteiger charge is -2.05. The van der Waals surface area contributed by atoms with Crippen LogP contribution in [0.2, 0.25) is 0 Å². The first-order valence-electron chi connectivity index (χ1n) is 8.46. The Balaban J connectivity index is 1.47. The predicted molar refractivity (Wildman–Crippen MR) is 98.6 cm³/mol. The number of halogens is 1. The van der Waals surface area contributed by atoms with E-state index in [-0.39, 0.29) is 18.3 Å². The molecule has 2 aromatic heterocycles. The molecule has 0 aliphatic carbocycles. The number of anilines is 1. The molecule has 7 nitrogen and oxygen atoms in total. The van der Waals surface area contributed by atoms with Crippen LogP contribution in [0, 0.1) is 12.7 Å². The summed E-state index contributed by atoms with van der Waals surface area (Å²) in [5.41, 5.74) is 2.87. The Labute approximate surface area is 154 Å². The van der Waals surface area contributed by atoms with Gasteiger partial charge in [-0.3, -0.25) is 9.48 Å². The number of nitrogens with zero attached hydrogens (tertiary/aromatic N) is 5. The van der Waals surface area contributed by atoms with Crippen molar-refractivity contribution in [2.45, 2.75) is 20.0 Å². The van der Waals surface area contributed by atoms with Gasteiger partial charge in [0.05, 0.1) is 12.1 Å². The van der Waals surface area contributed by atoms with Crippen LogP contribution in [0.4, 0.5) is 10.2 Å². The second-order valence-corrected chi connectivity index (χ2v) is 6.20. The van der Waals surface area contributed by atoms with Crippen LogP contribution in [0.1, 0.15) is 11.3 Å². The molecular formula is C19H17FN6O. The zero-order valence-electron chi connectivity index (χ0n) is 14.6. The number of hydrogen-bond donors (Lipinski definition) is 1. The minimum Gasteiger partial charge on any atom is -0.308 e. The lowest BCUT2D eigenvalue weighted by atomic mass is 10.2. The normalized spacial score (nSPS) is 11.0. The lowest BCUT2D eigenvalue weighted by Crippen LogP contribution is -2.20. The topological polar surface area (TPSA) is 77.6 Å². The van der Waals surface area contributed by atoms with E-state index in [2.05, 4.69) is 20.7 Å². The number of nitrogens with one attached hydrogen (secondary N) is 1. The van der Waals surface area contributed by atoms with Crippen LogP contribution in [0.15, 0.2) is 54.6 Å². The number of aryl methyl sites for hydroxylation is 1. The quantitative estimate of drug-likeness (QED) is 0.591. The second-order valence-electron chi connectivity index (χ2n) is 6.20. The standard InChI is InChI=1S/C19H17FN6O/c1-13-10-18(23-25(13)11-14-6-2-3-7-15(14)20)21-19(27)12-26-17-9-5-4-8-16(17)22-24-26/h2-10H,11-12H2,1H3,(H,21,23,27). The molecule has 0 fully saturated rings. The molecule has 0 aliphatic rings. The molecule has 136 valence electrons. The van der Waals surface area contributed by atoms with E-state index in [4.69, 9.17) is 0 Å². The Morgan fingerprint density at radius 2 is 1.89 bits per heavy atom. The Morgan fingerprint density at radius 3 is 2.74 bits per heavy atom. The molecule has 4 aromatic rings. The van der Waals surface area contributed by atoms with E-state index in [0.29, 0.717) is 17.9 Å². The van der Waals surface area contributed by atoms with Crippen molar-refractivity contribution in [3.8, 4) is 0 Å². The summed E-state index contributed by atoms with van der Waals surface area (Å²) in [7, 11) is 0. The third-order valence-electron chi connectivity index (χ3n) is 4.24. The van der Waals surface area contributed by atoms with Crippen LogP contribution in [0.25, 0.3) is 11.0 Å². The van der Waals surface area contributed by atoms with Crippen LogP contribution in [-0.4, -0.2) is 30.7 Å². The van der Waals surface area contributed by atoms with Gasteiger partial charge in [-0.1, -0.05) is 35.5 Å². The second kappa shape index (κ2) is 6.99. The van der Waals surface area contributed by atoms with Crippen LogP contribution < -0.4 is 5.32 Å². The molecule has 0 atom stereocenters. The van der Waals surface area contributed by atoms with Gasteiger partial charge in [-0.25, -0.2) is 9.07 Å². The SMILES string of the molecule is Cc1cc(NC(=O)Cn2nnc3ccccc32)nn1Cc1ccccc1F. The predicted octanol–water partition coefficient (Wildman–Crippen LogP) is 2.76. The highest BCUT2D eigenvalue weighted by molar-refractivity contribution is 5.90. The maximum Gasteiger partial charge on any atom is 0.247 e. The highest BCUT2D eigenvalue weighted by Gasteiger charge is 2.12. The van der Waals surface area contributed by atoms with Gasteiger partial charge in [-0.05, 0) is 25.1 Å². The highest BCUT2D eigenvalue weighted by atomic mass is 19.1. The first-order valence-corrected chi connectivity index (χ1v) is 8.46. The van der Waals surface area contributed by atoms with Gasteiger partial charge in [-0.15, -0.1) is 5.10 Å². The van der Waals surface area contributed by atoms with Crippen LogP contribution in [0.3, 0.4) is 0 Å². The molecule has 0 radical (unpaired) electrons. The van der Waals surface area contributed by atoms with Gasteiger partial charge in [-0.2, -0.15) is 5.10 Å². The minimum absolute atomic E-state index is 0.0275. The molecule has 2 heterocycles. The van der Waals surface area contributed by atoms with Crippen molar-refractivity contribution in [1.82, 2.24) is 24.8 Å². The van der Waals surface area contributed by atoms with Crippen molar-refractivity contribution in [3.05, 3.63) is 71.7 Å². The van der Waals surface area contributed by atoms with Crippen molar-refractivity contribution in [2.24, 2.45) is 0 Å². The van der Waals surface area contributed by atoms with Gasteiger partial charge >= 0.3 is 0 Å². The van der Waals surface area contributed by atoms with Crippen LogP contribution in [-0.2, 0) is 17.9 Å². The number of fused-ring (bicyclic) bond motifs is 1. The summed E-state index contributed by atoms with van der Waals surface area (Å²) < 4.78 is 17.0. The molecule has 1 N–H and O–H groups in total. The van der Waals surface area contributed by atoms with Crippen molar-refractivity contribution in [1.29, 1.82) is 0 Å². The van der Waals surface area contributed by atoms with Gasteiger partial charge in [0.25, 0.3) is 0 Å². The van der Waals surface area contributed by atoms with Crippen molar-refractivity contribution in [2.75, 3.05) is 5.32 Å². The summed E-state index contributed by atoms with van der Waals surface area (Å²) in [6.07, 6.45) is 0. The van der Waals surface area contributed by atoms with Crippen LogP contribution >= 0.6 is 0 Å². The molecule has 4 rings (SSSR count). The third-order valence-corrected chi connectivity index (χ3v) is 4.24. The molecule has 0 aliphatic heterocycles. The van der Waals surface area contributed by atoms with Crippen molar-refractivity contribution < 1.29 is 9.18 Å². The molecule has 2 aromatic carbocycles. The number of hydrogen-bond acceptors (Lipinski definition) is 4. The average Bonchev–Trinajstić information content (AvgIpc) is 3.21. The van der Waals surface area contributed by atoms with Gasteiger partial charge < -0.3 is 5.32 Å². The lowest BCUT2D eigenvalue weighted by molar-refractivity contribution is -0.116. The van der Waals surface area contributed by atoms with Gasteiger partial charge in [0.1, 0.15) is 17.9 Å². The molecule has 8 heteroatoms.